The molecule has 2 N–H and O–H groups in total. The number of nitrogens with one attached hydrogen (secondary N) is 1. The normalized spacial score (nSPS) is 32.2. The number of hydrogen-bond acceptors (Lipinski definition) is 6. The summed E-state index contributed by atoms with van der Waals surface area (Å²) in [5.74, 6) is 0.0391. The number of likely N-dealkylation sites (tertiary alicyclic amines) is 1. The fourth-order valence-corrected chi connectivity index (χ4v) is 8.45. The van der Waals surface area contributed by atoms with E-state index in [2.05, 4.69) is 19.2 Å². The van der Waals surface area contributed by atoms with E-state index in [4.69, 9.17) is 4.98 Å². The zero-order valence-corrected chi connectivity index (χ0v) is 21.2. The lowest BCUT2D eigenvalue weighted by atomic mass is 9.53. The van der Waals surface area contributed by atoms with E-state index in [1.54, 1.807) is 11.3 Å². The maximum absolute atomic E-state index is 13.1. The molecule has 1 saturated heterocycles. The molecule has 2 aliphatic carbocycles. The molecule has 178 valence electrons. The predicted octanol–water partition coefficient (Wildman–Crippen LogP) is 4.77. The Morgan fingerprint density at radius 3 is 2.79 bits per heavy atom. The molecular formula is C25H33N3O3S2. The summed E-state index contributed by atoms with van der Waals surface area (Å²) in [5.41, 5.74) is 0.975. The second kappa shape index (κ2) is 8.78. The van der Waals surface area contributed by atoms with E-state index in [9.17, 15) is 14.7 Å². The van der Waals surface area contributed by atoms with E-state index in [0.717, 1.165) is 50.9 Å². The van der Waals surface area contributed by atoms with Gasteiger partial charge in [0.15, 0.2) is 5.13 Å². The molecule has 5 rings (SSSR count). The molecule has 0 radical (unpaired) electrons. The molecule has 8 heteroatoms. The van der Waals surface area contributed by atoms with Gasteiger partial charge in [0.1, 0.15) is 0 Å². The lowest BCUT2D eigenvalue weighted by Crippen LogP contribution is -2.53. The average molecular weight is 488 g/mol. The second-order valence-electron chi connectivity index (χ2n) is 10.4. The minimum absolute atomic E-state index is 0.0168. The summed E-state index contributed by atoms with van der Waals surface area (Å²) in [6.07, 6.45) is 4.37. The Balaban J connectivity index is 1.36. The number of thiophene rings is 1. The zero-order valence-electron chi connectivity index (χ0n) is 19.5. The first-order chi connectivity index (χ1) is 15.8. The van der Waals surface area contributed by atoms with Crippen LogP contribution in [-0.4, -0.2) is 46.0 Å². The summed E-state index contributed by atoms with van der Waals surface area (Å²) in [6, 6.07) is 3.68. The number of anilines is 1. The Kier molecular flexibility index (Phi) is 6.12. The minimum atomic E-state index is -0.528. The molecule has 2 aromatic heterocycles. The first kappa shape index (κ1) is 23.0. The SMILES string of the molecule is C[C@H](C(=O)N1CCCC1)[C@@H]1CC[C@]2(C)Cc3sc(NC(=O)c4cccs4)nc3[C@@H](C)[C@@H]2[C@H]1O. The number of rotatable bonds is 4. The lowest BCUT2D eigenvalue weighted by Gasteiger charge is -2.53. The van der Waals surface area contributed by atoms with Crippen molar-refractivity contribution in [3.05, 3.63) is 33.0 Å². The van der Waals surface area contributed by atoms with Gasteiger partial charge in [-0.05, 0) is 60.8 Å². The fraction of sp³-hybridized carbons (Fsp3) is 0.640. The van der Waals surface area contributed by atoms with Crippen molar-refractivity contribution in [1.82, 2.24) is 9.88 Å². The molecule has 1 saturated carbocycles. The maximum Gasteiger partial charge on any atom is 0.267 e. The van der Waals surface area contributed by atoms with Crippen molar-refractivity contribution in [2.45, 2.75) is 64.9 Å². The van der Waals surface area contributed by atoms with Crippen molar-refractivity contribution in [3.63, 3.8) is 0 Å². The highest BCUT2D eigenvalue weighted by Crippen LogP contribution is 2.57. The van der Waals surface area contributed by atoms with E-state index in [0.29, 0.717) is 10.0 Å². The largest absolute Gasteiger partial charge is 0.392 e. The number of carbonyl (C=O) groups excluding carboxylic acids is 2. The van der Waals surface area contributed by atoms with Gasteiger partial charge >= 0.3 is 0 Å². The Morgan fingerprint density at radius 1 is 1.33 bits per heavy atom. The van der Waals surface area contributed by atoms with Gasteiger partial charge in [-0.2, -0.15) is 0 Å². The van der Waals surface area contributed by atoms with E-state index in [1.165, 1.54) is 16.2 Å². The summed E-state index contributed by atoms with van der Waals surface area (Å²) < 4.78 is 0. The van der Waals surface area contributed by atoms with Crippen LogP contribution in [0.5, 0.6) is 0 Å². The molecule has 0 bridgehead atoms. The summed E-state index contributed by atoms with van der Waals surface area (Å²) >= 11 is 2.98. The van der Waals surface area contributed by atoms with Gasteiger partial charge in [-0.25, -0.2) is 4.98 Å². The molecule has 2 fully saturated rings. The number of aliphatic hydroxyl groups excluding tert-OH is 1. The summed E-state index contributed by atoms with van der Waals surface area (Å²) in [7, 11) is 0. The first-order valence-electron chi connectivity index (χ1n) is 12.1. The van der Waals surface area contributed by atoms with Gasteiger partial charge < -0.3 is 10.0 Å². The smallest absolute Gasteiger partial charge is 0.267 e. The number of nitrogens with zero attached hydrogens (tertiary/aromatic N) is 2. The third-order valence-corrected chi connectivity index (χ3v) is 10.2. The molecule has 3 heterocycles. The number of thiazole rings is 1. The number of amides is 2. The van der Waals surface area contributed by atoms with Gasteiger partial charge in [0.25, 0.3) is 5.91 Å². The molecule has 33 heavy (non-hydrogen) atoms. The van der Waals surface area contributed by atoms with Gasteiger partial charge in [0.2, 0.25) is 5.91 Å². The predicted molar refractivity (Wildman–Crippen MR) is 132 cm³/mol. The topological polar surface area (TPSA) is 82.5 Å². The van der Waals surface area contributed by atoms with Gasteiger partial charge in [-0.3, -0.25) is 14.9 Å². The van der Waals surface area contributed by atoms with Crippen LogP contribution in [0.15, 0.2) is 17.5 Å². The van der Waals surface area contributed by atoms with Crippen molar-refractivity contribution in [1.29, 1.82) is 0 Å². The van der Waals surface area contributed by atoms with Crippen LogP contribution >= 0.6 is 22.7 Å². The monoisotopic (exact) mass is 487 g/mol. The van der Waals surface area contributed by atoms with Crippen LogP contribution in [0.3, 0.4) is 0 Å². The van der Waals surface area contributed by atoms with E-state index in [-0.39, 0.29) is 40.9 Å². The molecule has 2 amide bonds. The number of fused-ring (bicyclic) bond motifs is 2. The molecule has 0 spiro atoms. The van der Waals surface area contributed by atoms with Crippen molar-refractivity contribution in [2.75, 3.05) is 18.4 Å². The quantitative estimate of drug-likeness (QED) is 0.651. The van der Waals surface area contributed by atoms with Crippen LogP contribution in [0.2, 0.25) is 0 Å². The van der Waals surface area contributed by atoms with Crippen LogP contribution in [0.25, 0.3) is 0 Å². The average Bonchev–Trinajstić information content (AvgIpc) is 3.54. The Bertz CT molecular complexity index is 1030. The van der Waals surface area contributed by atoms with Crippen molar-refractivity contribution in [2.24, 2.45) is 23.2 Å². The highest BCUT2D eigenvalue weighted by Gasteiger charge is 2.54. The molecule has 1 aliphatic heterocycles. The van der Waals surface area contributed by atoms with Crippen molar-refractivity contribution < 1.29 is 14.7 Å². The summed E-state index contributed by atoms with van der Waals surface area (Å²) in [4.78, 5) is 34.3. The molecule has 6 nitrogen and oxygen atoms in total. The standard InChI is InChI=1S/C25H33N3O3S2/c1-14(23(31)28-10-4-5-11-28)16-8-9-25(3)13-18-20(15(2)19(25)21(16)29)26-24(33-18)27-22(30)17-7-6-12-32-17/h6-7,12,14-16,19,21,29H,4-5,8-11,13H2,1-3H3,(H,26,27,30)/t14-,15-,16-,19+,21-,25+/m0/s1. The zero-order chi connectivity index (χ0) is 23.3. The van der Waals surface area contributed by atoms with Gasteiger partial charge in [-0.15, -0.1) is 22.7 Å². The maximum atomic E-state index is 13.1. The van der Waals surface area contributed by atoms with Crippen LogP contribution < -0.4 is 5.32 Å². The third kappa shape index (κ3) is 4.04. The summed E-state index contributed by atoms with van der Waals surface area (Å²) in [5, 5.41) is 17.1. The summed E-state index contributed by atoms with van der Waals surface area (Å²) in [6.45, 7) is 8.16. The van der Waals surface area contributed by atoms with Crippen LogP contribution in [0.4, 0.5) is 5.13 Å². The number of aromatic nitrogens is 1. The number of aliphatic hydroxyl groups is 1. The van der Waals surface area contributed by atoms with Gasteiger partial charge in [-0.1, -0.05) is 26.8 Å². The van der Waals surface area contributed by atoms with Crippen molar-refractivity contribution >= 4 is 39.6 Å². The Labute approximate surface area is 203 Å². The van der Waals surface area contributed by atoms with Gasteiger partial charge in [0.05, 0.1) is 16.7 Å². The van der Waals surface area contributed by atoms with Crippen LogP contribution in [0, 0.1) is 23.2 Å². The Morgan fingerprint density at radius 2 is 2.09 bits per heavy atom. The molecule has 6 atom stereocenters. The first-order valence-corrected chi connectivity index (χ1v) is 13.8. The minimum Gasteiger partial charge on any atom is -0.392 e. The molecular weight excluding hydrogens is 454 g/mol. The van der Waals surface area contributed by atoms with E-state index in [1.807, 2.05) is 29.3 Å². The molecule has 0 aromatic carbocycles. The lowest BCUT2D eigenvalue weighted by molar-refractivity contribution is -0.143. The highest BCUT2D eigenvalue weighted by atomic mass is 32.1. The van der Waals surface area contributed by atoms with E-state index < -0.39 is 6.10 Å². The highest BCUT2D eigenvalue weighted by molar-refractivity contribution is 7.16. The fourth-order valence-electron chi connectivity index (χ4n) is 6.58. The second-order valence-corrected chi connectivity index (χ2v) is 12.4. The number of carbonyl (C=O) groups is 2. The molecule has 2 aromatic rings. The van der Waals surface area contributed by atoms with Crippen LogP contribution in [0.1, 0.15) is 72.6 Å². The Hall–Kier alpha value is -1.77. The van der Waals surface area contributed by atoms with Crippen molar-refractivity contribution in [3.8, 4) is 0 Å². The molecule has 3 aliphatic rings. The van der Waals surface area contributed by atoms with Gasteiger partial charge in [0, 0.05) is 29.8 Å². The third-order valence-electron chi connectivity index (χ3n) is 8.34. The molecule has 0 unspecified atom stereocenters. The van der Waals surface area contributed by atoms with Crippen LogP contribution in [-0.2, 0) is 11.2 Å². The number of hydrogen-bond donors (Lipinski definition) is 2. The van der Waals surface area contributed by atoms with E-state index >= 15 is 0 Å².